The first-order valence-electron chi connectivity index (χ1n) is 5.15. The number of benzene rings is 2. The molecule has 0 unspecified atom stereocenters. The Morgan fingerprint density at radius 3 is 2.39 bits per heavy atom. The summed E-state index contributed by atoms with van der Waals surface area (Å²) in [6.07, 6.45) is 0. The zero-order chi connectivity index (χ0) is 13.1. The number of carboxylic acids is 1. The maximum Gasteiger partial charge on any atom is 0.335 e. The molecule has 2 aromatic carbocycles. The number of rotatable bonds is 2. The molecule has 0 bridgehead atoms. The van der Waals surface area contributed by atoms with Gasteiger partial charge in [0.15, 0.2) is 0 Å². The van der Waals surface area contributed by atoms with Crippen LogP contribution in [0.4, 0.5) is 0 Å². The van der Waals surface area contributed by atoms with E-state index < -0.39 is 5.97 Å². The summed E-state index contributed by atoms with van der Waals surface area (Å²) in [5.74, 6) is -0.961. The molecule has 1 N–H and O–H groups in total. The van der Waals surface area contributed by atoms with Crippen molar-refractivity contribution in [2.24, 2.45) is 0 Å². The summed E-state index contributed by atoms with van der Waals surface area (Å²) in [4.78, 5) is 10.9. The third-order valence-corrected chi connectivity index (χ3v) is 3.23. The molecule has 0 aliphatic carbocycles. The van der Waals surface area contributed by atoms with E-state index in [2.05, 4.69) is 15.9 Å². The Labute approximate surface area is 112 Å². The summed E-state index contributed by atoms with van der Waals surface area (Å²) in [6.45, 7) is 0. The van der Waals surface area contributed by atoms with E-state index in [4.69, 9.17) is 10.4 Å². The van der Waals surface area contributed by atoms with Crippen molar-refractivity contribution < 1.29 is 9.90 Å². The number of carboxylic acid groups (broad SMARTS) is 1. The number of nitrogens with zero attached hydrogens (tertiary/aromatic N) is 1. The average molecular weight is 302 g/mol. The van der Waals surface area contributed by atoms with E-state index in [1.807, 2.05) is 6.07 Å². The molecule has 0 aliphatic heterocycles. The van der Waals surface area contributed by atoms with Crippen molar-refractivity contribution in [2.75, 3.05) is 0 Å². The molecular weight excluding hydrogens is 294 g/mol. The lowest BCUT2D eigenvalue weighted by atomic mass is 10.0. The largest absolute Gasteiger partial charge is 0.478 e. The predicted octanol–water partition coefficient (Wildman–Crippen LogP) is 3.69. The van der Waals surface area contributed by atoms with Crippen LogP contribution in [0.1, 0.15) is 15.9 Å². The first-order valence-corrected chi connectivity index (χ1v) is 5.94. The van der Waals surface area contributed by atoms with E-state index in [0.717, 1.165) is 15.6 Å². The summed E-state index contributed by atoms with van der Waals surface area (Å²) in [7, 11) is 0. The number of halogens is 1. The SMILES string of the molecule is N#Cc1ccc(-c2cc(C(=O)O)ccc2Br)cc1. The van der Waals surface area contributed by atoms with Crippen LogP contribution in [0.25, 0.3) is 11.1 Å². The molecule has 0 aliphatic rings. The highest BCUT2D eigenvalue weighted by Crippen LogP contribution is 2.29. The third kappa shape index (κ3) is 2.41. The summed E-state index contributed by atoms with van der Waals surface area (Å²) < 4.78 is 0.817. The Kier molecular flexibility index (Phi) is 3.45. The summed E-state index contributed by atoms with van der Waals surface area (Å²) in [5, 5.41) is 17.7. The molecule has 0 amide bonds. The molecule has 0 radical (unpaired) electrons. The van der Waals surface area contributed by atoms with Crippen LogP contribution >= 0.6 is 15.9 Å². The van der Waals surface area contributed by atoms with Crippen molar-refractivity contribution in [3.63, 3.8) is 0 Å². The van der Waals surface area contributed by atoms with Crippen molar-refractivity contribution in [1.82, 2.24) is 0 Å². The van der Waals surface area contributed by atoms with Gasteiger partial charge in [0.05, 0.1) is 17.2 Å². The molecule has 2 rings (SSSR count). The minimum Gasteiger partial charge on any atom is -0.478 e. The van der Waals surface area contributed by atoms with Crippen LogP contribution in [0, 0.1) is 11.3 Å². The quantitative estimate of drug-likeness (QED) is 0.920. The maximum absolute atomic E-state index is 10.9. The lowest BCUT2D eigenvalue weighted by Crippen LogP contribution is -1.96. The van der Waals surface area contributed by atoms with Gasteiger partial charge in [-0.25, -0.2) is 4.79 Å². The van der Waals surface area contributed by atoms with E-state index in [0.29, 0.717) is 5.56 Å². The number of hydrogen-bond acceptors (Lipinski definition) is 2. The van der Waals surface area contributed by atoms with Crippen LogP contribution in [0.5, 0.6) is 0 Å². The topological polar surface area (TPSA) is 61.1 Å². The van der Waals surface area contributed by atoms with Gasteiger partial charge in [-0.05, 0) is 41.5 Å². The van der Waals surface area contributed by atoms with Crippen molar-refractivity contribution in [3.8, 4) is 17.2 Å². The second-order valence-electron chi connectivity index (χ2n) is 3.69. The molecule has 0 spiro atoms. The fraction of sp³-hybridized carbons (Fsp3) is 0. The van der Waals surface area contributed by atoms with Gasteiger partial charge in [0.1, 0.15) is 0 Å². The normalized spacial score (nSPS) is 9.78. The monoisotopic (exact) mass is 301 g/mol. The van der Waals surface area contributed by atoms with Crippen LogP contribution in [0.3, 0.4) is 0 Å². The lowest BCUT2D eigenvalue weighted by Gasteiger charge is -2.06. The molecule has 0 aromatic heterocycles. The van der Waals surface area contributed by atoms with E-state index in [9.17, 15) is 4.79 Å². The molecule has 0 saturated heterocycles. The highest BCUT2D eigenvalue weighted by atomic mass is 79.9. The van der Waals surface area contributed by atoms with Crippen LogP contribution in [0.15, 0.2) is 46.9 Å². The first-order chi connectivity index (χ1) is 8.61. The van der Waals surface area contributed by atoms with Gasteiger partial charge in [0.25, 0.3) is 0 Å². The maximum atomic E-state index is 10.9. The number of nitriles is 1. The molecule has 88 valence electrons. The van der Waals surface area contributed by atoms with Crippen molar-refractivity contribution >= 4 is 21.9 Å². The van der Waals surface area contributed by atoms with Crippen molar-refractivity contribution in [2.45, 2.75) is 0 Å². The van der Waals surface area contributed by atoms with Crippen LogP contribution < -0.4 is 0 Å². The molecule has 0 fully saturated rings. The standard InChI is InChI=1S/C14H8BrNO2/c15-13-6-5-11(14(17)18)7-12(13)10-3-1-9(8-16)2-4-10/h1-7H,(H,17,18). The molecule has 0 heterocycles. The van der Waals surface area contributed by atoms with Crippen LogP contribution in [-0.4, -0.2) is 11.1 Å². The van der Waals surface area contributed by atoms with Gasteiger partial charge >= 0.3 is 5.97 Å². The van der Waals surface area contributed by atoms with Gasteiger partial charge in [-0.15, -0.1) is 0 Å². The molecule has 0 atom stereocenters. The van der Waals surface area contributed by atoms with Gasteiger partial charge in [-0.2, -0.15) is 5.26 Å². The Balaban J connectivity index is 2.52. The number of hydrogen-bond donors (Lipinski definition) is 1. The summed E-state index contributed by atoms with van der Waals surface area (Å²) >= 11 is 3.39. The lowest BCUT2D eigenvalue weighted by molar-refractivity contribution is 0.0697. The highest BCUT2D eigenvalue weighted by molar-refractivity contribution is 9.10. The zero-order valence-corrected chi connectivity index (χ0v) is 10.8. The van der Waals surface area contributed by atoms with Gasteiger partial charge in [0.2, 0.25) is 0 Å². The van der Waals surface area contributed by atoms with Gasteiger partial charge in [-0.3, -0.25) is 0 Å². The minimum absolute atomic E-state index is 0.234. The van der Waals surface area contributed by atoms with Crippen LogP contribution in [-0.2, 0) is 0 Å². The minimum atomic E-state index is -0.961. The second kappa shape index (κ2) is 5.03. The average Bonchev–Trinajstić information content (AvgIpc) is 2.39. The van der Waals surface area contributed by atoms with E-state index in [1.54, 1.807) is 42.5 Å². The Bertz CT molecular complexity index is 642. The fourth-order valence-electron chi connectivity index (χ4n) is 1.60. The second-order valence-corrected chi connectivity index (χ2v) is 4.54. The third-order valence-electron chi connectivity index (χ3n) is 2.54. The summed E-state index contributed by atoms with van der Waals surface area (Å²) in [6, 6.07) is 13.9. The Hall–Kier alpha value is -2.12. The molecule has 3 nitrogen and oxygen atoms in total. The molecule has 4 heteroatoms. The van der Waals surface area contributed by atoms with Gasteiger partial charge in [0, 0.05) is 4.47 Å². The Morgan fingerprint density at radius 1 is 1.17 bits per heavy atom. The van der Waals surface area contributed by atoms with E-state index >= 15 is 0 Å². The van der Waals surface area contributed by atoms with E-state index in [-0.39, 0.29) is 5.56 Å². The summed E-state index contributed by atoms with van der Waals surface area (Å²) in [5.41, 5.74) is 2.46. The first kappa shape index (κ1) is 12.3. The van der Waals surface area contributed by atoms with Crippen LogP contribution in [0.2, 0.25) is 0 Å². The number of carbonyl (C=O) groups is 1. The highest BCUT2D eigenvalue weighted by Gasteiger charge is 2.08. The molecule has 2 aromatic rings. The van der Waals surface area contributed by atoms with Crippen molar-refractivity contribution in [3.05, 3.63) is 58.1 Å². The predicted molar refractivity (Wildman–Crippen MR) is 71.3 cm³/mol. The van der Waals surface area contributed by atoms with Gasteiger partial charge in [-0.1, -0.05) is 28.1 Å². The molecule has 0 saturated carbocycles. The van der Waals surface area contributed by atoms with Crippen molar-refractivity contribution in [1.29, 1.82) is 5.26 Å². The zero-order valence-electron chi connectivity index (χ0n) is 9.22. The molecular formula is C14H8BrNO2. The van der Waals surface area contributed by atoms with Gasteiger partial charge < -0.3 is 5.11 Å². The van der Waals surface area contributed by atoms with E-state index in [1.165, 1.54) is 0 Å². The number of aromatic carboxylic acids is 1. The molecule has 18 heavy (non-hydrogen) atoms. The Morgan fingerprint density at radius 2 is 1.83 bits per heavy atom. The fourth-order valence-corrected chi connectivity index (χ4v) is 2.08. The smallest absolute Gasteiger partial charge is 0.335 e.